The average Bonchev–Trinajstić information content (AvgIpc) is 3.11. The van der Waals surface area contributed by atoms with Gasteiger partial charge in [0.25, 0.3) is 0 Å². The summed E-state index contributed by atoms with van der Waals surface area (Å²) in [5.74, 6) is 0.917. The minimum atomic E-state index is -1.17. The van der Waals surface area contributed by atoms with Crippen LogP contribution in [0.15, 0.2) is 76.5 Å². The van der Waals surface area contributed by atoms with Gasteiger partial charge in [-0.25, -0.2) is 0 Å². The number of piperidine rings is 1. The number of carbonyl (C=O) groups excluding carboxylic acids is 1. The van der Waals surface area contributed by atoms with Crippen molar-refractivity contribution in [1.82, 2.24) is 10.2 Å². The van der Waals surface area contributed by atoms with Gasteiger partial charge in [-0.2, -0.15) is 0 Å². The van der Waals surface area contributed by atoms with Crippen LogP contribution in [-0.2, 0) is 15.1 Å². The first-order chi connectivity index (χ1) is 19.6. The number of amides is 1. The van der Waals surface area contributed by atoms with Crippen molar-refractivity contribution in [3.63, 3.8) is 0 Å². The van der Waals surface area contributed by atoms with E-state index in [4.69, 9.17) is 21.3 Å². The Hall–Kier alpha value is -2.71. The zero-order valence-corrected chi connectivity index (χ0v) is 25.0. The maximum absolute atomic E-state index is 12.4. The lowest BCUT2D eigenvalue weighted by Gasteiger charge is -2.45. The number of nitrogens with one attached hydrogen (secondary N) is 1. The molecule has 1 aliphatic carbocycles. The summed E-state index contributed by atoms with van der Waals surface area (Å²) in [7, 11) is 0. The fraction of sp³-hybridized carbons (Fsp3) is 0.515. The van der Waals surface area contributed by atoms with Gasteiger partial charge in [0.1, 0.15) is 18.0 Å². The van der Waals surface area contributed by atoms with Gasteiger partial charge in [-0.15, -0.1) is 0 Å². The Morgan fingerprint density at radius 2 is 2.07 bits per heavy atom. The first kappa shape index (κ1) is 29.8. The number of aliphatic imine (C=N–C) groups is 1. The van der Waals surface area contributed by atoms with E-state index in [0.717, 1.165) is 29.9 Å². The molecule has 0 radical (unpaired) electrons. The number of dihydropyridines is 1. The summed E-state index contributed by atoms with van der Waals surface area (Å²) >= 11 is 6.11. The normalized spacial score (nSPS) is 30.9. The van der Waals surface area contributed by atoms with Crippen LogP contribution in [0.1, 0.15) is 52.0 Å². The molecule has 7 nitrogen and oxygen atoms in total. The maximum Gasteiger partial charge on any atom is 0.220 e. The summed E-state index contributed by atoms with van der Waals surface area (Å²) in [6, 6.07) is 6.85. The van der Waals surface area contributed by atoms with E-state index in [1.807, 2.05) is 51.3 Å². The molecular formula is C33H42ClN3O4. The van der Waals surface area contributed by atoms with Gasteiger partial charge in [-0.3, -0.25) is 9.79 Å². The van der Waals surface area contributed by atoms with Crippen molar-refractivity contribution in [2.45, 2.75) is 69.7 Å². The number of nitrogens with zero attached hydrogens (tertiary/aromatic N) is 2. The molecule has 1 aromatic carbocycles. The summed E-state index contributed by atoms with van der Waals surface area (Å²) in [4.78, 5) is 19.5. The third-order valence-electron chi connectivity index (χ3n) is 8.96. The van der Waals surface area contributed by atoms with Gasteiger partial charge in [0.05, 0.1) is 17.7 Å². The molecule has 8 heteroatoms. The van der Waals surface area contributed by atoms with E-state index in [0.29, 0.717) is 44.0 Å². The van der Waals surface area contributed by atoms with Crippen LogP contribution in [0.25, 0.3) is 0 Å². The molecule has 220 valence electrons. The number of ether oxygens (including phenoxy) is 1. The number of hydrogen-bond donors (Lipinski definition) is 3. The zero-order chi connectivity index (χ0) is 29.2. The van der Waals surface area contributed by atoms with Crippen molar-refractivity contribution in [3.8, 4) is 0 Å². The minimum Gasteiger partial charge on any atom is -0.491 e. The van der Waals surface area contributed by atoms with Crippen LogP contribution < -0.4 is 5.32 Å². The molecule has 1 saturated heterocycles. The lowest BCUT2D eigenvalue weighted by atomic mass is 9.76. The van der Waals surface area contributed by atoms with Crippen LogP contribution in [0.5, 0.6) is 0 Å². The number of hydrogen-bond acceptors (Lipinski definition) is 6. The lowest BCUT2D eigenvalue weighted by Crippen LogP contribution is -2.60. The zero-order valence-electron chi connectivity index (χ0n) is 24.2. The maximum atomic E-state index is 12.4. The third kappa shape index (κ3) is 6.54. The van der Waals surface area contributed by atoms with Crippen molar-refractivity contribution in [2.24, 2.45) is 16.8 Å². The van der Waals surface area contributed by atoms with Crippen molar-refractivity contribution >= 4 is 23.7 Å². The quantitative estimate of drug-likeness (QED) is 0.435. The molecule has 3 N–H and O–H groups in total. The van der Waals surface area contributed by atoms with Crippen molar-refractivity contribution < 1.29 is 19.7 Å². The molecular weight excluding hydrogens is 538 g/mol. The van der Waals surface area contributed by atoms with E-state index in [-0.39, 0.29) is 23.8 Å². The summed E-state index contributed by atoms with van der Waals surface area (Å²) in [5.41, 5.74) is 1.14. The molecule has 0 bridgehead atoms. The van der Waals surface area contributed by atoms with E-state index in [1.165, 1.54) is 5.57 Å². The minimum absolute atomic E-state index is 0.00329. The van der Waals surface area contributed by atoms with Crippen LogP contribution in [-0.4, -0.2) is 71.2 Å². The molecule has 5 rings (SSSR count). The smallest absolute Gasteiger partial charge is 0.220 e. The topological polar surface area (TPSA) is 94.4 Å². The van der Waals surface area contributed by atoms with E-state index < -0.39 is 17.2 Å². The first-order valence-corrected chi connectivity index (χ1v) is 15.1. The number of fused-ring (bicyclic) bond motifs is 1. The predicted molar refractivity (Wildman–Crippen MR) is 163 cm³/mol. The fourth-order valence-corrected chi connectivity index (χ4v) is 6.50. The van der Waals surface area contributed by atoms with Gasteiger partial charge in [0, 0.05) is 49.1 Å². The highest BCUT2D eigenvalue weighted by molar-refractivity contribution is 6.30. The van der Waals surface area contributed by atoms with Crippen LogP contribution in [0.4, 0.5) is 0 Å². The molecule has 3 aliphatic heterocycles. The molecule has 1 amide bonds. The Bertz CT molecular complexity index is 1280. The summed E-state index contributed by atoms with van der Waals surface area (Å²) in [6.45, 7) is 8.10. The first-order valence-electron chi connectivity index (χ1n) is 14.8. The van der Waals surface area contributed by atoms with E-state index in [9.17, 15) is 15.0 Å². The van der Waals surface area contributed by atoms with E-state index in [1.54, 1.807) is 12.1 Å². The van der Waals surface area contributed by atoms with Crippen LogP contribution in [0.2, 0.25) is 5.02 Å². The van der Waals surface area contributed by atoms with Gasteiger partial charge >= 0.3 is 0 Å². The van der Waals surface area contributed by atoms with Gasteiger partial charge in [0.2, 0.25) is 5.91 Å². The summed E-state index contributed by atoms with van der Waals surface area (Å²) < 4.78 is 6.23. The molecule has 41 heavy (non-hydrogen) atoms. The van der Waals surface area contributed by atoms with Crippen molar-refractivity contribution in [3.05, 3.63) is 82.1 Å². The van der Waals surface area contributed by atoms with E-state index in [2.05, 4.69) is 28.4 Å². The third-order valence-corrected chi connectivity index (χ3v) is 9.21. The van der Waals surface area contributed by atoms with Crippen LogP contribution in [0, 0.1) is 11.8 Å². The van der Waals surface area contributed by atoms with Crippen LogP contribution >= 0.6 is 11.6 Å². The second kappa shape index (κ2) is 12.3. The number of halogens is 1. The Morgan fingerprint density at radius 1 is 1.29 bits per heavy atom. The number of rotatable bonds is 7. The summed E-state index contributed by atoms with van der Waals surface area (Å²) in [6.07, 6.45) is 14.8. The Labute approximate surface area is 248 Å². The molecule has 5 atom stereocenters. The molecule has 0 spiro atoms. The van der Waals surface area contributed by atoms with Gasteiger partial charge in [0.15, 0.2) is 0 Å². The summed E-state index contributed by atoms with van der Waals surface area (Å²) in [5, 5.41) is 26.3. The molecule has 0 saturated carbocycles. The molecule has 3 heterocycles. The number of benzene rings is 1. The largest absolute Gasteiger partial charge is 0.491 e. The second-order valence-corrected chi connectivity index (χ2v) is 12.6. The number of aliphatic hydroxyl groups is 2. The number of carbonyl (C=O) groups is 1. The Morgan fingerprint density at radius 3 is 2.80 bits per heavy atom. The molecule has 1 fully saturated rings. The van der Waals surface area contributed by atoms with E-state index >= 15 is 0 Å². The van der Waals surface area contributed by atoms with Crippen molar-refractivity contribution in [2.75, 3.05) is 26.2 Å². The second-order valence-electron chi connectivity index (χ2n) is 12.2. The van der Waals surface area contributed by atoms with Gasteiger partial charge in [-0.05, 0) is 74.1 Å². The Balaban J connectivity index is 1.35. The van der Waals surface area contributed by atoms with Gasteiger partial charge < -0.3 is 25.2 Å². The SMILES string of the molecule is CCC(=O)NC1CN(CC/C=C2/C3=C(C=CC(C(C)(C)O)C3)OCC3N=CC=CC23)CCC1(O)c1ccc(Cl)cc1. The highest BCUT2D eigenvalue weighted by atomic mass is 35.5. The molecule has 1 aromatic rings. The number of likely N-dealkylation sites (tertiary alicyclic amines) is 1. The van der Waals surface area contributed by atoms with Crippen LogP contribution in [0.3, 0.4) is 0 Å². The molecule has 0 aromatic heterocycles. The molecule has 4 aliphatic rings. The average molecular weight is 580 g/mol. The predicted octanol–water partition coefficient (Wildman–Crippen LogP) is 4.70. The van der Waals surface area contributed by atoms with Crippen molar-refractivity contribution in [1.29, 1.82) is 0 Å². The standard InChI is InChI=1S/C33H42ClN3O4/c1-4-31(38)36-30-20-37(18-15-33(30,40)22-9-12-24(34)13-10-22)17-6-8-25-26-7-5-16-35-28(26)21-41-29-14-11-23(19-27(25)29)32(2,3)39/h5,7-14,16,23,26,28,30,39-40H,4,6,15,17-21H2,1-3H3,(H,36,38)/b25-8+. The highest BCUT2D eigenvalue weighted by Gasteiger charge is 2.43. The van der Waals surface area contributed by atoms with Gasteiger partial charge in [-0.1, -0.05) is 48.9 Å². The lowest BCUT2D eigenvalue weighted by molar-refractivity contribution is -0.126. The Kier molecular flexibility index (Phi) is 8.90. The molecule has 5 unspecified atom stereocenters. The highest BCUT2D eigenvalue weighted by Crippen LogP contribution is 2.42. The monoisotopic (exact) mass is 579 g/mol. The number of allylic oxidation sites excluding steroid dienone is 3. The fourth-order valence-electron chi connectivity index (χ4n) is 6.37.